The molecular formula is C16H26. The topological polar surface area (TPSA) is 0 Å². The van der Waals surface area contributed by atoms with Crippen LogP contribution in [0.25, 0.3) is 0 Å². The molecule has 0 saturated carbocycles. The van der Waals surface area contributed by atoms with Crippen LogP contribution in [0, 0.1) is 11.8 Å². The third kappa shape index (κ3) is 3.23. The van der Waals surface area contributed by atoms with Crippen LogP contribution in [0.4, 0.5) is 0 Å². The van der Waals surface area contributed by atoms with Crippen LogP contribution in [0.3, 0.4) is 0 Å². The van der Waals surface area contributed by atoms with Gasteiger partial charge in [-0.25, -0.2) is 0 Å². The summed E-state index contributed by atoms with van der Waals surface area (Å²) in [6.45, 7) is 2.31. The minimum Gasteiger partial charge on any atom is -0.0806 e. The summed E-state index contributed by atoms with van der Waals surface area (Å²) in [4.78, 5) is 0. The van der Waals surface area contributed by atoms with Gasteiger partial charge in [0, 0.05) is 0 Å². The summed E-state index contributed by atoms with van der Waals surface area (Å²) in [7, 11) is 0. The average molecular weight is 218 g/mol. The second-order valence-corrected chi connectivity index (χ2v) is 5.52. The molecule has 0 saturated heterocycles. The van der Waals surface area contributed by atoms with Crippen LogP contribution in [0.2, 0.25) is 0 Å². The van der Waals surface area contributed by atoms with Crippen LogP contribution < -0.4 is 0 Å². The molecule has 0 nitrogen and oxygen atoms in total. The predicted octanol–water partition coefficient (Wildman–Crippen LogP) is 5.26. The standard InChI is InChI=1S/C16H26/c1-2-3-9-16-13-14-8-6-4-5-7-10-15(16)12-11-14/h11-13,15-16H,2-10H2,1H3/t15-,16+/m1/s1. The Hall–Kier alpha value is -0.520. The Morgan fingerprint density at radius 3 is 2.94 bits per heavy atom. The maximum Gasteiger partial charge on any atom is -0.0165 e. The fraction of sp³-hybridized carbons (Fsp3) is 0.750. The van der Waals surface area contributed by atoms with E-state index in [0.29, 0.717) is 0 Å². The molecule has 0 unspecified atom stereocenters. The van der Waals surface area contributed by atoms with Crippen molar-refractivity contribution >= 4 is 0 Å². The Morgan fingerprint density at radius 2 is 2.06 bits per heavy atom. The molecule has 0 aromatic heterocycles. The van der Waals surface area contributed by atoms with Crippen molar-refractivity contribution in [1.29, 1.82) is 0 Å². The first-order valence-corrected chi connectivity index (χ1v) is 7.29. The molecule has 3 aliphatic rings. The molecule has 16 heavy (non-hydrogen) atoms. The first-order chi connectivity index (χ1) is 7.90. The lowest BCUT2D eigenvalue weighted by Crippen LogP contribution is -2.15. The highest BCUT2D eigenvalue weighted by atomic mass is 14.3. The molecule has 0 radical (unpaired) electrons. The summed E-state index contributed by atoms with van der Waals surface area (Å²) in [6, 6.07) is 0. The van der Waals surface area contributed by atoms with Crippen LogP contribution in [-0.4, -0.2) is 0 Å². The van der Waals surface area contributed by atoms with Gasteiger partial charge in [0.2, 0.25) is 0 Å². The van der Waals surface area contributed by atoms with Gasteiger partial charge in [-0.2, -0.15) is 0 Å². The Bertz CT molecular complexity index is 259. The monoisotopic (exact) mass is 218 g/mol. The number of allylic oxidation sites excluding steroid dienone is 4. The van der Waals surface area contributed by atoms with Gasteiger partial charge >= 0.3 is 0 Å². The molecular weight excluding hydrogens is 192 g/mol. The van der Waals surface area contributed by atoms with E-state index in [9.17, 15) is 0 Å². The largest absolute Gasteiger partial charge is 0.0806 e. The minimum absolute atomic E-state index is 0.855. The minimum atomic E-state index is 0.855. The van der Waals surface area contributed by atoms with Gasteiger partial charge in [0.05, 0.1) is 0 Å². The molecule has 0 heterocycles. The van der Waals surface area contributed by atoms with Crippen LogP contribution in [0.1, 0.15) is 64.7 Å². The third-order valence-corrected chi connectivity index (χ3v) is 4.18. The first-order valence-electron chi connectivity index (χ1n) is 7.29. The maximum atomic E-state index is 2.60. The predicted molar refractivity (Wildman–Crippen MR) is 71.4 cm³/mol. The number of hydrogen-bond acceptors (Lipinski definition) is 0. The van der Waals surface area contributed by atoms with Crippen molar-refractivity contribution in [1.82, 2.24) is 0 Å². The van der Waals surface area contributed by atoms with Crippen molar-refractivity contribution in [3.8, 4) is 0 Å². The zero-order chi connectivity index (χ0) is 11.2. The Balaban J connectivity index is 2.02. The van der Waals surface area contributed by atoms with Crippen molar-refractivity contribution < 1.29 is 0 Å². The molecule has 3 rings (SSSR count). The number of unbranched alkanes of at least 4 members (excludes halogenated alkanes) is 1. The van der Waals surface area contributed by atoms with E-state index in [4.69, 9.17) is 0 Å². The number of fused-ring (bicyclic) bond motifs is 6. The Morgan fingerprint density at radius 1 is 1.19 bits per heavy atom. The summed E-state index contributed by atoms with van der Waals surface area (Å²) >= 11 is 0. The molecule has 0 aliphatic heterocycles. The van der Waals surface area contributed by atoms with Crippen molar-refractivity contribution in [3.63, 3.8) is 0 Å². The SMILES string of the molecule is CCCC[C@H]1C=C2C=C[C@H]1CCCCCC2. The Kier molecular flexibility index (Phi) is 4.69. The van der Waals surface area contributed by atoms with E-state index in [2.05, 4.69) is 25.2 Å². The molecule has 0 fully saturated rings. The van der Waals surface area contributed by atoms with Crippen LogP contribution >= 0.6 is 0 Å². The summed E-state index contributed by atoms with van der Waals surface area (Å²) in [5.74, 6) is 1.71. The zero-order valence-corrected chi connectivity index (χ0v) is 10.8. The van der Waals surface area contributed by atoms with E-state index in [-0.39, 0.29) is 0 Å². The highest BCUT2D eigenvalue weighted by molar-refractivity contribution is 5.25. The van der Waals surface area contributed by atoms with E-state index in [1.807, 2.05) is 0 Å². The lowest BCUT2D eigenvalue weighted by Gasteiger charge is -2.27. The summed E-state index contributed by atoms with van der Waals surface area (Å²) in [5.41, 5.74) is 1.62. The van der Waals surface area contributed by atoms with Gasteiger partial charge < -0.3 is 0 Å². The van der Waals surface area contributed by atoms with Crippen molar-refractivity contribution in [3.05, 3.63) is 23.8 Å². The van der Waals surface area contributed by atoms with Gasteiger partial charge in [0.1, 0.15) is 0 Å². The van der Waals surface area contributed by atoms with Gasteiger partial charge in [-0.3, -0.25) is 0 Å². The van der Waals surface area contributed by atoms with E-state index >= 15 is 0 Å². The maximum absolute atomic E-state index is 2.60. The molecule has 90 valence electrons. The van der Waals surface area contributed by atoms with Crippen LogP contribution in [0.15, 0.2) is 23.8 Å². The van der Waals surface area contributed by atoms with Gasteiger partial charge in [-0.1, -0.05) is 62.8 Å². The first kappa shape index (κ1) is 12.0. The van der Waals surface area contributed by atoms with E-state index in [1.54, 1.807) is 5.57 Å². The van der Waals surface area contributed by atoms with Crippen LogP contribution in [0.5, 0.6) is 0 Å². The Labute approximate surface area is 101 Å². The van der Waals surface area contributed by atoms with Gasteiger partial charge in [-0.05, 0) is 37.5 Å². The fourth-order valence-corrected chi connectivity index (χ4v) is 3.12. The number of rotatable bonds is 3. The van der Waals surface area contributed by atoms with E-state index in [0.717, 1.165) is 11.8 Å². The fourth-order valence-electron chi connectivity index (χ4n) is 3.12. The summed E-state index contributed by atoms with van der Waals surface area (Å²) < 4.78 is 0. The van der Waals surface area contributed by atoms with Gasteiger partial charge in [0.15, 0.2) is 0 Å². The molecule has 0 heteroatoms. The van der Waals surface area contributed by atoms with Crippen molar-refractivity contribution in [2.75, 3.05) is 0 Å². The molecule has 0 aromatic carbocycles. The molecule has 0 aromatic rings. The second kappa shape index (κ2) is 6.27. The molecule has 0 spiro atoms. The molecule has 2 atom stereocenters. The van der Waals surface area contributed by atoms with E-state index < -0.39 is 0 Å². The summed E-state index contributed by atoms with van der Waals surface area (Å²) in [5, 5.41) is 0. The lowest BCUT2D eigenvalue weighted by atomic mass is 9.78. The second-order valence-electron chi connectivity index (χ2n) is 5.52. The number of hydrogen-bond donors (Lipinski definition) is 0. The average Bonchev–Trinajstić information content (AvgIpc) is 2.34. The molecule has 3 aliphatic carbocycles. The quantitative estimate of drug-likeness (QED) is 0.606. The molecule has 0 N–H and O–H groups in total. The lowest BCUT2D eigenvalue weighted by molar-refractivity contribution is 0.381. The molecule has 2 bridgehead atoms. The van der Waals surface area contributed by atoms with Crippen LogP contribution in [-0.2, 0) is 0 Å². The smallest absolute Gasteiger partial charge is 0.0165 e. The van der Waals surface area contributed by atoms with E-state index in [1.165, 1.54) is 57.8 Å². The summed E-state index contributed by atoms with van der Waals surface area (Å²) in [6.07, 6.45) is 20.2. The molecule has 0 amide bonds. The normalized spacial score (nSPS) is 30.2. The zero-order valence-electron chi connectivity index (χ0n) is 10.8. The van der Waals surface area contributed by atoms with Gasteiger partial charge in [0.25, 0.3) is 0 Å². The van der Waals surface area contributed by atoms with Gasteiger partial charge in [-0.15, -0.1) is 0 Å². The third-order valence-electron chi connectivity index (χ3n) is 4.18. The highest BCUT2D eigenvalue weighted by Gasteiger charge is 2.20. The van der Waals surface area contributed by atoms with Crippen molar-refractivity contribution in [2.45, 2.75) is 64.7 Å². The van der Waals surface area contributed by atoms with Crippen molar-refractivity contribution in [2.24, 2.45) is 11.8 Å². The highest BCUT2D eigenvalue weighted by Crippen LogP contribution is 2.34.